The molecule has 142 valence electrons. The summed E-state index contributed by atoms with van der Waals surface area (Å²) in [6.45, 7) is 10.8. The zero-order valence-corrected chi connectivity index (χ0v) is 16.9. The molecule has 0 saturated heterocycles. The van der Waals surface area contributed by atoms with Gasteiger partial charge in [0.2, 0.25) is 0 Å². The first kappa shape index (κ1) is 19.1. The maximum Gasteiger partial charge on any atom is 0.0626 e. The number of nitrogens with one attached hydrogen (secondary N) is 3. The number of hydrazone groups is 1. The van der Waals surface area contributed by atoms with Crippen molar-refractivity contribution in [2.45, 2.75) is 52.6 Å². The molecule has 1 aliphatic heterocycles. The van der Waals surface area contributed by atoms with E-state index in [-0.39, 0.29) is 5.54 Å². The molecule has 3 unspecified atom stereocenters. The van der Waals surface area contributed by atoms with Crippen LogP contribution in [-0.2, 0) is 6.54 Å². The standard InChI is InChI=1S/C22H34N4/c1-15-20-11-17(10-19(20)14-23-5)13-25-26-21(15)18-8-6-16(7-9-18)12-24-22(2,3)4/h6-9,13,17,19-20,23-24,26H,10-12,14H2,1-5H3/b21-15+,25-13-. The van der Waals surface area contributed by atoms with Crippen molar-refractivity contribution < 1.29 is 0 Å². The topological polar surface area (TPSA) is 48.5 Å². The Balaban J connectivity index is 1.81. The highest BCUT2D eigenvalue weighted by atomic mass is 15.3. The molecule has 1 fully saturated rings. The summed E-state index contributed by atoms with van der Waals surface area (Å²) in [4.78, 5) is 0. The Morgan fingerprint density at radius 1 is 1.15 bits per heavy atom. The minimum Gasteiger partial charge on any atom is -0.319 e. The summed E-state index contributed by atoms with van der Waals surface area (Å²) in [5, 5.41) is 11.5. The fourth-order valence-electron chi connectivity index (χ4n) is 4.24. The van der Waals surface area contributed by atoms with Crippen LogP contribution < -0.4 is 16.1 Å². The maximum atomic E-state index is 4.54. The van der Waals surface area contributed by atoms with E-state index in [9.17, 15) is 0 Å². The second-order valence-electron chi connectivity index (χ2n) is 8.90. The van der Waals surface area contributed by atoms with Crippen LogP contribution in [0.1, 0.15) is 51.7 Å². The Labute approximate surface area is 158 Å². The predicted molar refractivity (Wildman–Crippen MR) is 111 cm³/mol. The Kier molecular flexibility index (Phi) is 5.83. The third-order valence-corrected chi connectivity index (χ3v) is 5.68. The average Bonchev–Trinajstić information content (AvgIpc) is 3.00. The van der Waals surface area contributed by atoms with Crippen LogP contribution >= 0.6 is 0 Å². The van der Waals surface area contributed by atoms with Crippen LogP contribution in [0.3, 0.4) is 0 Å². The van der Waals surface area contributed by atoms with Gasteiger partial charge in [0.15, 0.2) is 0 Å². The normalized spacial score (nSPS) is 29.8. The van der Waals surface area contributed by atoms with Gasteiger partial charge in [-0.05, 0) is 88.6 Å². The molecule has 0 radical (unpaired) electrons. The van der Waals surface area contributed by atoms with Crippen LogP contribution in [0.2, 0.25) is 0 Å². The van der Waals surface area contributed by atoms with Gasteiger partial charge in [-0.1, -0.05) is 24.3 Å². The van der Waals surface area contributed by atoms with E-state index >= 15 is 0 Å². The summed E-state index contributed by atoms with van der Waals surface area (Å²) < 4.78 is 0. The Morgan fingerprint density at radius 2 is 1.88 bits per heavy atom. The smallest absolute Gasteiger partial charge is 0.0626 e. The summed E-state index contributed by atoms with van der Waals surface area (Å²) in [6, 6.07) is 8.90. The molecule has 1 aromatic carbocycles. The Hall–Kier alpha value is -1.65. The quantitative estimate of drug-likeness (QED) is 0.755. The highest BCUT2D eigenvalue weighted by Gasteiger charge is 2.36. The summed E-state index contributed by atoms with van der Waals surface area (Å²) >= 11 is 0. The van der Waals surface area contributed by atoms with Crippen molar-refractivity contribution in [1.29, 1.82) is 0 Å². The first-order valence-electron chi connectivity index (χ1n) is 9.86. The van der Waals surface area contributed by atoms with Crippen LogP contribution in [0, 0.1) is 17.8 Å². The second-order valence-corrected chi connectivity index (χ2v) is 8.90. The van der Waals surface area contributed by atoms with Crippen LogP contribution in [0.5, 0.6) is 0 Å². The molecule has 3 N–H and O–H groups in total. The molecular weight excluding hydrogens is 320 g/mol. The zero-order chi connectivity index (χ0) is 18.7. The van der Waals surface area contributed by atoms with E-state index in [0.29, 0.717) is 17.8 Å². The van der Waals surface area contributed by atoms with E-state index in [1.165, 1.54) is 35.2 Å². The van der Waals surface area contributed by atoms with Gasteiger partial charge in [0.1, 0.15) is 0 Å². The van der Waals surface area contributed by atoms with Crippen molar-refractivity contribution in [3.63, 3.8) is 0 Å². The van der Waals surface area contributed by atoms with Crippen LogP contribution in [0.15, 0.2) is 34.9 Å². The number of fused-ring (bicyclic) bond motifs is 2. The summed E-state index contributed by atoms with van der Waals surface area (Å²) in [6.07, 6.45) is 4.58. The van der Waals surface area contributed by atoms with Crippen molar-refractivity contribution in [1.82, 2.24) is 16.1 Å². The van der Waals surface area contributed by atoms with Gasteiger partial charge in [-0.25, -0.2) is 0 Å². The number of nitrogens with zero attached hydrogens (tertiary/aromatic N) is 1. The minimum atomic E-state index is 0.134. The summed E-state index contributed by atoms with van der Waals surface area (Å²) in [7, 11) is 2.06. The van der Waals surface area contributed by atoms with Gasteiger partial charge in [-0.15, -0.1) is 0 Å². The molecule has 1 aliphatic carbocycles. The Bertz CT molecular complexity index is 666. The number of hydrogen-bond donors (Lipinski definition) is 3. The lowest BCUT2D eigenvalue weighted by atomic mass is 9.86. The van der Waals surface area contributed by atoms with Gasteiger partial charge in [0.25, 0.3) is 0 Å². The van der Waals surface area contributed by atoms with E-state index < -0.39 is 0 Å². The van der Waals surface area contributed by atoms with E-state index in [4.69, 9.17) is 0 Å². The second kappa shape index (κ2) is 7.93. The van der Waals surface area contributed by atoms with Crippen molar-refractivity contribution in [3.8, 4) is 0 Å². The lowest BCUT2D eigenvalue weighted by molar-refractivity contribution is 0.422. The molecule has 0 amide bonds. The minimum absolute atomic E-state index is 0.134. The van der Waals surface area contributed by atoms with Gasteiger partial charge >= 0.3 is 0 Å². The largest absolute Gasteiger partial charge is 0.319 e. The number of benzene rings is 1. The number of hydrogen-bond acceptors (Lipinski definition) is 4. The molecule has 26 heavy (non-hydrogen) atoms. The molecule has 2 aliphatic rings. The molecule has 3 rings (SSSR count). The monoisotopic (exact) mass is 354 g/mol. The van der Waals surface area contributed by atoms with Crippen molar-refractivity contribution >= 4 is 11.9 Å². The van der Waals surface area contributed by atoms with Crippen molar-refractivity contribution in [2.24, 2.45) is 22.9 Å². The highest BCUT2D eigenvalue weighted by molar-refractivity contribution is 5.71. The van der Waals surface area contributed by atoms with E-state index in [1.807, 2.05) is 0 Å². The average molecular weight is 355 g/mol. The summed E-state index contributed by atoms with van der Waals surface area (Å²) in [5.41, 5.74) is 8.65. The number of allylic oxidation sites excluding steroid dienone is 1. The van der Waals surface area contributed by atoms with Gasteiger partial charge in [0.05, 0.1) is 5.70 Å². The van der Waals surface area contributed by atoms with Crippen molar-refractivity contribution in [2.75, 3.05) is 13.6 Å². The molecule has 1 heterocycles. The third kappa shape index (κ3) is 4.54. The first-order chi connectivity index (χ1) is 12.4. The molecular formula is C22H34N4. The SMILES string of the molecule is CNCC1CC2/C=N\N/C(c3ccc(CNC(C)(C)C)cc3)=C(\C)C1C2. The fourth-order valence-corrected chi connectivity index (χ4v) is 4.24. The van der Waals surface area contributed by atoms with Crippen molar-refractivity contribution in [3.05, 3.63) is 41.0 Å². The molecule has 0 spiro atoms. The van der Waals surface area contributed by atoms with E-state index in [1.54, 1.807) is 0 Å². The molecule has 1 aromatic rings. The highest BCUT2D eigenvalue weighted by Crippen LogP contribution is 2.42. The van der Waals surface area contributed by atoms with Gasteiger partial charge in [0, 0.05) is 18.3 Å². The summed E-state index contributed by atoms with van der Waals surface area (Å²) in [5.74, 6) is 1.93. The molecule has 4 nitrogen and oxygen atoms in total. The van der Waals surface area contributed by atoms with Gasteiger partial charge < -0.3 is 10.6 Å². The number of rotatable bonds is 5. The molecule has 0 aromatic heterocycles. The van der Waals surface area contributed by atoms with Crippen LogP contribution in [-0.4, -0.2) is 25.3 Å². The van der Waals surface area contributed by atoms with E-state index in [2.05, 4.69) is 86.4 Å². The first-order valence-corrected chi connectivity index (χ1v) is 9.86. The van der Waals surface area contributed by atoms with Crippen LogP contribution in [0.25, 0.3) is 5.70 Å². The zero-order valence-electron chi connectivity index (χ0n) is 16.9. The lowest BCUT2D eigenvalue weighted by Gasteiger charge is -2.24. The van der Waals surface area contributed by atoms with Gasteiger partial charge in [-0.3, -0.25) is 5.43 Å². The predicted octanol–water partition coefficient (Wildman–Crippen LogP) is 3.76. The third-order valence-electron chi connectivity index (χ3n) is 5.68. The maximum absolute atomic E-state index is 4.54. The Morgan fingerprint density at radius 3 is 2.54 bits per heavy atom. The molecule has 1 saturated carbocycles. The van der Waals surface area contributed by atoms with E-state index in [0.717, 1.165) is 13.1 Å². The molecule has 4 heteroatoms. The van der Waals surface area contributed by atoms with Gasteiger partial charge in [-0.2, -0.15) is 5.10 Å². The molecule has 2 bridgehead atoms. The fraction of sp³-hybridized carbons (Fsp3) is 0.591. The lowest BCUT2D eigenvalue weighted by Crippen LogP contribution is -2.35. The van der Waals surface area contributed by atoms with Crippen LogP contribution in [0.4, 0.5) is 0 Å². The molecule has 3 atom stereocenters.